The molecule has 3 aromatic heterocycles. The normalized spacial score (nSPS) is 12.4. The molecule has 0 bridgehead atoms. The summed E-state index contributed by atoms with van der Waals surface area (Å²) in [4.78, 5) is 8.73. The number of hydrogen-bond acceptors (Lipinski definition) is 4. The summed E-state index contributed by atoms with van der Waals surface area (Å²) in [6.45, 7) is 1.83. The lowest BCUT2D eigenvalue weighted by atomic mass is 10.1. The molecule has 1 aromatic carbocycles. The Labute approximate surface area is 150 Å². The van der Waals surface area contributed by atoms with Crippen molar-refractivity contribution in [2.24, 2.45) is 5.73 Å². The van der Waals surface area contributed by atoms with Gasteiger partial charge in [-0.2, -0.15) is 5.10 Å². The minimum atomic E-state index is -0.502. The van der Waals surface area contributed by atoms with E-state index in [9.17, 15) is 4.39 Å². The molecule has 5 nitrogen and oxygen atoms in total. The van der Waals surface area contributed by atoms with Crippen LogP contribution in [0.4, 0.5) is 4.39 Å². The van der Waals surface area contributed by atoms with Crippen molar-refractivity contribution in [1.29, 1.82) is 0 Å². The summed E-state index contributed by atoms with van der Waals surface area (Å²) in [6.07, 6.45) is 3.75. The number of halogens is 1. The summed E-state index contributed by atoms with van der Waals surface area (Å²) in [7, 11) is 0. The van der Waals surface area contributed by atoms with Gasteiger partial charge in [-0.25, -0.2) is 9.07 Å². The Kier molecular flexibility index (Phi) is 4.18. The van der Waals surface area contributed by atoms with Crippen LogP contribution in [0.25, 0.3) is 16.6 Å². The Bertz CT molecular complexity index is 1070. The van der Waals surface area contributed by atoms with Crippen molar-refractivity contribution >= 4 is 10.9 Å². The molecule has 0 saturated carbocycles. The zero-order chi connectivity index (χ0) is 18.1. The number of aromatic nitrogens is 4. The first-order chi connectivity index (χ1) is 12.6. The number of para-hydroxylation sites is 1. The van der Waals surface area contributed by atoms with Gasteiger partial charge in [0.25, 0.3) is 0 Å². The molecule has 0 aliphatic carbocycles. The Hall–Kier alpha value is -3.12. The molecule has 3 heterocycles. The van der Waals surface area contributed by atoms with E-state index in [0.717, 1.165) is 22.3 Å². The van der Waals surface area contributed by atoms with Crippen LogP contribution in [-0.4, -0.2) is 19.7 Å². The summed E-state index contributed by atoms with van der Waals surface area (Å²) in [5.41, 5.74) is 9.90. The monoisotopic (exact) mass is 347 g/mol. The third-order valence-corrected chi connectivity index (χ3v) is 4.34. The summed E-state index contributed by atoms with van der Waals surface area (Å²) < 4.78 is 15.9. The van der Waals surface area contributed by atoms with E-state index in [1.54, 1.807) is 18.5 Å². The van der Waals surface area contributed by atoms with Crippen molar-refractivity contribution < 1.29 is 4.39 Å². The van der Waals surface area contributed by atoms with Gasteiger partial charge < -0.3 is 5.73 Å². The third kappa shape index (κ3) is 2.95. The molecular formula is C20H18FN5. The van der Waals surface area contributed by atoms with Gasteiger partial charge in [0, 0.05) is 23.7 Å². The van der Waals surface area contributed by atoms with Crippen molar-refractivity contribution in [1.82, 2.24) is 19.7 Å². The fourth-order valence-corrected chi connectivity index (χ4v) is 3.08. The van der Waals surface area contributed by atoms with Gasteiger partial charge in [0.05, 0.1) is 34.8 Å². The second-order valence-electron chi connectivity index (χ2n) is 6.21. The lowest BCUT2D eigenvalue weighted by Gasteiger charge is -2.16. The van der Waals surface area contributed by atoms with Gasteiger partial charge in [0.15, 0.2) is 0 Å². The highest BCUT2D eigenvalue weighted by molar-refractivity contribution is 5.80. The van der Waals surface area contributed by atoms with Crippen molar-refractivity contribution in [3.05, 3.63) is 83.8 Å². The molecule has 0 amide bonds. The van der Waals surface area contributed by atoms with Crippen LogP contribution in [0.15, 0.2) is 60.9 Å². The number of nitrogens with zero attached hydrogens (tertiary/aromatic N) is 4. The fraction of sp³-hybridized carbons (Fsp3) is 0.150. The molecule has 0 saturated heterocycles. The summed E-state index contributed by atoms with van der Waals surface area (Å²) in [5, 5.41) is 5.51. The molecule has 130 valence electrons. The van der Waals surface area contributed by atoms with E-state index in [2.05, 4.69) is 15.1 Å². The quantitative estimate of drug-likeness (QED) is 0.613. The number of pyridine rings is 2. The predicted octanol–water partition coefficient (Wildman–Crippen LogP) is 3.51. The largest absolute Gasteiger partial charge is 0.322 e. The van der Waals surface area contributed by atoms with E-state index in [0.29, 0.717) is 11.4 Å². The number of rotatable bonds is 4. The van der Waals surface area contributed by atoms with E-state index in [1.165, 1.54) is 6.07 Å². The first kappa shape index (κ1) is 16.4. The average molecular weight is 347 g/mol. The molecule has 0 fully saturated rings. The van der Waals surface area contributed by atoms with Crippen LogP contribution >= 0.6 is 0 Å². The molecule has 26 heavy (non-hydrogen) atoms. The summed E-state index contributed by atoms with van der Waals surface area (Å²) in [6, 6.07) is 14.2. The third-order valence-electron chi connectivity index (χ3n) is 4.34. The van der Waals surface area contributed by atoms with Crippen molar-refractivity contribution in [3.63, 3.8) is 0 Å². The van der Waals surface area contributed by atoms with Gasteiger partial charge in [-0.1, -0.05) is 18.2 Å². The second-order valence-corrected chi connectivity index (χ2v) is 6.21. The molecule has 0 aliphatic rings. The van der Waals surface area contributed by atoms with Crippen LogP contribution in [-0.2, 0) is 6.42 Å². The van der Waals surface area contributed by atoms with Crippen molar-refractivity contribution in [3.8, 4) is 5.69 Å². The Balaban J connectivity index is 1.75. The van der Waals surface area contributed by atoms with Gasteiger partial charge in [0.1, 0.15) is 5.82 Å². The number of fused-ring (bicyclic) bond motifs is 1. The molecule has 6 heteroatoms. The van der Waals surface area contributed by atoms with Gasteiger partial charge >= 0.3 is 0 Å². The van der Waals surface area contributed by atoms with Crippen LogP contribution in [0.1, 0.15) is 23.1 Å². The molecule has 0 spiro atoms. The maximum atomic E-state index is 14.1. The van der Waals surface area contributed by atoms with E-state index >= 15 is 0 Å². The van der Waals surface area contributed by atoms with Gasteiger partial charge in [-0.15, -0.1) is 0 Å². The van der Waals surface area contributed by atoms with Crippen molar-refractivity contribution in [2.75, 3.05) is 0 Å². The van der Waals surface area contributed by atoms with Crippen LogP contribution in [0.2, 0.25) is 0 Å². The van der Waals surface area contributed by atoms with Crippen LogP contribution in [0.3, 0.4) is 0 Å². The zero-order valence-corrected chi connectivity index (χ0v) is 14.3. The first-order valence-electron chi connectivity index (χ1n) is 8.39. The lowest BCUT2D eigenvalue weighted by molar-refractivity contribution is 0.573. The molecule has 2 N–H and O–H groups in total. The highest BCUT2D eigenvalue weighted by Gasteiger charge is 2.18. The first-order valence-corrected chi connectivity index (χ1v) is 8.39. The second kappa shape index (κ2) is 6.65. The van der Waals surface area contributed by atoms with Crippen LogP contribution < -0.4 is 5.73 Å². The Morgan fingerprint density at radius 2 is 1.96 bits per heavy atom. The molecule has 4 aromatic rings. The Morgan fingerprint density at radius 1 is 1.12 bits per heavy atom. The average Bonchev–Trinajstić information content (AvgIpc) is 3.08. The zero-order valence-electron chi connectivity index (χ0n) is 14.3. The molecule has 4 rings (SSSR count). The number of nitrogens with two attached hydrogens (primary N) is 1. The Morgan fingerprint density at radius 3 is 2.85 bits per heavy atom. The summed E-state index contributed by atoms with van der Waals surface area (Å²) in [5.74, 6) is -0.354. The topological polar surface area (TPSA) is 69.6 Å². The number of benzene rings is 1. The maximum Gasteiger partial charge on any atom is 0.144 e. The van der Waals surface area contributed by atoms with E-state index in [4.69, 9.17) is 5.73 Å². The molecule has 1 atom stereocenters. The SMILES string of the molecule is Cc1ccc(F)c(C[C@H](N)c2ncccc2-n2ncc3ccccc32)n1. The van der Waals surface area contributed by atoms with Crippen LogP contribution in [0, 0.1) is 12.7 Å². The highest BCUT2D eigenvalue weighted by Crippen LogP contribution is 2.24. The minimum Gasteiger partial charge on any atom is -0.322 e. The van der Waals surface area contributed by atoms with Crippen LogP contribution in [0.5, 0.6) is 0 Å². The molecule has 0 aliphatic heterocycles. The van der Waals surface area contributed by atoms with E-state index in [-0.39, 0.29) is 12.2 Å². The number of aryl methyl sites for hydroxylation is 1. The van der Waals surface area contributed by atoms with Gasteiger partial charge in [-0.3, -0.25) is 9.97 Å². The minimum absolute atomic E-state index is 0.261. The molecule has 0 unspecified atom stereocenters. The fourth-order valence-electron chi connectivity index (χ4n) is 3.08. The maximum absolute atomic E-state index is 14.1. The molecule has 0 radical (unpaired) electrons. The molecular weight excluding hydrogens is 329 g/mol. The summed E-state index contributed by atoms with van der Waals surface area (Å²) >= 11 is 0. The number of hydrogen-bond donors (Lipinski definition) is 1. The van der Waals surface area contributed by atoms with Gasteiger partial charge in [-0.05, 0) is 37.3 Å². The van der Waals surface area contributed by atoms with Crippen molar-refractivity contribution in [2.45, 2.75) is 19.4 Å². The van der Waals surface area contributed by atoms with E-state index < -0.39 is 6.04 Å². The lowest BCUT2D eigenvalue weighted by Crippen LogP contribution is -2.19. The van der Waals surface area contributed by atoms with Gasteiger partial charge in [0.2, 0.25) is 0 Å². The standard InChI is InChI=1S/C20H18FN5/c1-13-8-9-15(21)17(25-13)11-16(22)20-19(7-4-10-23-20)26-18-6-3-2-5-14(18)12-24-26/h2-10,12,16H,11,22H2,1H3/t16-/m0/s1. The predicted molar refractivity (Wildman–Crippen MR) is 98.4 cm³/mol. The highest BCUT2D eigenvalue weighted by atomic mass is 19.1. The van der Waals surface area contributed by atoms with E-state index in [1.807, 2.05) is 48.0 Å². The smallest absolute Gasteiger partial charge is 0.144 e.